The molecule has 3 aromatic carbocycles. The van der Waals surface area contributed by atoms with E-state index in [1.54, 1.807) is 4.57 Å². The van der Waals surface area contributed by atoms with Crippen LogP contribution >= 0.6 is 0 Å². The Labute approximate surface area is 129 Å². The molecule has 0 unspecified atom stereocenters. The largest absolute Gasteiger partial charge is 0.331 e. The van der Waals surface area contributed by atoms with Gasteiger partial charge in [-0.3, -0.25) is 4.57 Å². The molecule has 0 amide bonds. The molecule has 0 aliphatic heterocycles. The normalized spacial score (nSPS) is 10.9. The third-order valence-electron chi connectivity index (χ3n) is 3.82. The zero-order chi connectivity index (χ0) is 14.9. The third kappa shape index (κ3) is 1.95. The van der Waals surface area contributed by atoms with Crippen LogP contribution in [0.25, 0.3) is 27.8 Å². The number of H-pyrrole nitrogens is 1. The lowest BCUT2D eigenvalue weighted by Gasteiger charge is -2.10. The number of para-hydroxylation sites is 3. The molecule has 3 nitrogen and oxygen atoms in total. The van der Waals surface area contributed by atoms with Crippen molar-refractivity contribution in [3.63, 3.8) is 0 Å². The Morgan fingerprint density at radius 1 is 0.773 bits per heavy atom. The second kappa shape index (κ2) is 5.04. The number of hydrogen-bond donors (Lipinski definition) is 1. The maximum atomic E-state index is 12.4. The molecule has 0 spiro atoms. The van der Waals surface area contributed by atoms with E-state index in [9.17, 15) is 4.79 Å². The van der Waals surface area contributed by atoms with Gasteiger partial charge in [0, 0.05) is 6.99 Å². The Morgan fingerprint density at radius 2 is 1.45 bits per heavy atom. The fourth-order valence-corrected chi connectivity index (χ4v) is 2.82. The molecule has 1 heterocycles. The molecule has 0 aliphatic carbocycles. The predicted molar refractivity (Wildman–Crippen MR) is 91.4 cm³/mol. The summed E-state index contributed by atoms with van der Waals surface area (Å²) in [7, 11) is 0. The van der Waals surface area contributed by atoms with Gasteiger partial charge in [-0.15, -0.1) is 0 Å². The predicted octanol–water partition coefficient (Wildman–Crippen LogP) is 4.23. The SMILES string of the molecule is O=c1[nH]c2ccccc2n1-c1ccccc1-c1ccccc1.[HH]. The highest BCUT2D eigenvalue weighted by molar-refractivity contribution is 5.81. The first-order valence-electron chi connectivity index (χ1n) is 7.19. The van der Waals surface area contributed by atoms with Crippen molar-refractivity contribution in [2.45, 2.75) is 0 Å². The number of aromatic nitrogens is 2. The van der Waals surface area contributed by atoms with Crippen LogP contribution < -0.4 is 5.69 Å². The molecule has 1 N–H and O–H groups in total. The molecule has 4 rings (SSSR count). The molecule has 108 valence electrons. The highest BCUT2D eigenvalue weighted by Crippen LogP contribution is 2.27. The first kappa shape index (κ1) is 12.7. The van der Waals surface area contributed by atoms with Crippen molar-refractivity contribution < 1.29 is 1.43 Å². The smallest absolute Gasteiger partial charge is 0.305 e. The lowest BCUT2D eigenvalue weighted by atomic mass is 10.0. The van der Waals surface area contributed by atoms with Crippen molar-refractivity contribution in [2.75, 3.05) is 0 Å². The van der Waals surface area contributed by atoms with Gasteiger partial charge in [-0.25, -0.2) is 4.79 Å². The van der Waals surface area contributed by atoms with Crippen LogP contribution in [0.15, 0.2) is 83.7 Å². The minimum absolute atomic E-state index is 0. The Balaban J connectivity index is 0.00000156. The molecule has 1 aromatic heterocycles. The summed E-state index contributed by atoms with van der Waals surface area (Å²) >= 11 is 0. The fraction of sp³-hybridized carbons (Fsp3) is 0. The monoisotopic (exact) mass is 288 g/mol. The van der Waals surface area contributed by atoms with E-state index in [0.29, 0.717) is 0 Å². The average molecular weight is 288 g/mol. The summed E-state index contributed by atoms with van der Waals surface area (Å²) in [5.41, 5.74) is 4.62. The molecule has 0 bridgehead atoms. The lowest BCUT2D eigenvalue weighted by Crippen LogP contribution is -2.15. The van der Waals surface area contributed by atoms with Crippen molar-refractivity contribution in [3.8, 4) is 16.8 Å². The van der Waals surface area contributed by atoms with E-state index in [2.05, 4.69) is 17.1 Å². The van der Waals surface area contributed by atoms with Gasteiger partial charge in [-0.1, -0.05) is 60.7 Å². The maximum Gasteiger partial charge on any atom is 0.331 e. The zero-order valence-electron chi connectivity index (χ0n) is 11.9. The van der Waals surface area contributed by atoms with E-state index < -0.39 is 0 Å². The summed E-state index contributed by atoms with van der Waals surface area (Å²) in [6.07, 6.45) is 0. The Hall–Kier alpha value is -3.07. The summed E-state index contributed by atoms with van der Waals surface area (Å²) in [4.78, 5) is 15.3. The number of nitrogens with zero attached hydrogens (tertiary/aromatic N) is 1. The molecule has 3 heteroatoms. The van der Waals surface area contributed by atoms with E-state index in [4.69, 9.17) is 0 Å². The van der Waals surface area contributed by atoms with Crippen LogP contribution in [0.5, 0.6) is 0 Å². The van der Waals surface area contributed by atoms with Crippen molar-refractivity contribution in [2.24, 2.45) is 0 Å². The Kier molecular flexibility index (Phi) is 2.90. The molecule has 22 heavy (non-hydrogen) atoms. The van der Waals surface area contributed by atoms with Gasteiger partial charge in [0.2, 0.25) is 0 Å². The summed E-state index contributed by atoms with van der Waals surface area (Å²) in [6.45, 7) is 0. The molecule has 0 aliphatic rings. The van der Waals surface area contributed by atoms with Crippen LogP contribution in [-0.2, 0) is 0 Å². The van der Waals surface area contributed by atoms with E-state index in [1.165, 1.54) is 0 Å². The zero-order valence-corrected chi connectivity index (χ0v) is 11.9. The van der Waals surface area contributed by atoms with Crippen LogP contribution in [0.4, 0.5) is 0 Å². The van der Waals surface area contributed by atoms with E-state index in [1.807, 2.05) is 66.7 Å². The molecular formula is C19H16N2O. The van der Waals surface area contributed by atoms with Gasteiger partial charge in [0.25, 0.3) is 0 Å². The van der Waals surface area contributed by atoms with Crippen molar-refractivity contribution in [1.29, 1.82) is 0 Å². The lowest BCUT2D eigenvalue weighted by molar-refractivity contribution is 1.02. The van der Waals surface area contributed by atoms with Crippen LogP contribution in [0.2, 0.25) is 0 Å². The van der Waals surface area contributed by atoms with Crippen LogP contribution in [0.3, 0.4) is 0 Å². The second-order valence-electron chi connectivity index (χ2n) is 5.17. The van der Waals surface area contributed by atoms with Gasteiger partial charge >= 0.3 is 5.69 Å². The summed E-state index contributed by atoms with van der Waals surface area (Å²) in [5.74, 6) is 0. The molecule has 0 atom stereocenters. The summed E-state index contributed by atoms with van der Waals surface area (Å²) in [6, 6.07) is 25.8. The maximum absolute atomic E-state index is 12.4. The number of imidazole rings is 1. The molecule has 0 radical (unpaired) electrons. The van der Waals surface area contributed by atoms with Crippen LogP contribution in [0.1, 0.15) is 1.43 Å². The molecule has 0 fully saturated rings. The molecular weight excluding hydrogens is 272 g/mol. The highest BCUT2D eigenvalue weighted by atomic mass is 16.1. The number of hydrogen-bond acceptors (Lipinski definition) is 1. The van der Waals surface area contributed by atoms with E-state index in [-0.39, 0.29) is 7.12 Å². The van der Waals surface area contributed by atoms with Gasteiger partial charge < -0.3 is 4.98 Å². The Bertz CT molecular complexity index is 1000. The number of nitrogens with one attached hydrogen (secondary N) is 1. The highest BCUT2D eigenvalue weighted by Gasteiger charge is 2.12. The average Bonchev–Trinajstić information content (AvgIpc) is 2.91. The molecule has 0 saturated heterocycles. The van der Waals surface area contributed by atoms with Crippen molar-refractivity contribution >= 4 is 11.0 Å². The van der Waals surface area contributed by atoms with Gasteiger partial charge in [-0.2, -0.15) is 0 Å². The third-order valence-corrected chi connectivity index (χ3v) is 3.82. The van der Waals surface area contributed by atoms with Crippen LogP contribution in [0, 0.1) is 0 Å². The number of rotatable bonds is 2. The standard InChI is InChI=1S/C19H14N2O.H2/c22-19-20-16-11-5-7-13-18(16)21(19)17-12-6-4-10-15(17)14-8-2-1-3-9-14;/h1-13H,(H,20,22);1H. The minimum Gasteiger partial charge on any atom is -0.305 e. The summed E-state index contributed by atoms with van der Waals surface area (Å²) in [5, 5.41) is 0. The quantitative estimate of drug-likeness (QED) is 0.589. The molecule has 0 saturated carbocycles. The van der Waals surface area contributed by atoms with Gasteiger partial charge in [0.1, 0.15) is 0 Å². The number of aromatic amines is 1. The summed E-state index contributed by atoms with van der Waals surface area (Å²) < 4.78 is 1.73. The second-order valence-corrected chi connectivity index (χ2v) is 5.17. The number of benzene rings is 3. The Morgan fingerprint density at radius 3 is 2.32 bits per heavy atom. The fourth-order valence-electron chi connectivity index (χ4n) is 2.82. The van der Waals surface area contributed by atoms with Gasteiger partial charge in [0.05, 0.1) is 16.7 Å². The first-order valence-corrected chi connectivity index (χ1v) is 7.19. The number of fused-ring (bicyclic) bond motifs is 1. The minimum atomic E-state index is -0.121. The van der Waals surface area contributed by atoms with Gasteiger partial charge in [-0.05, 0) is 23.8 Å². The van der Waals surface area contributed by atoms with Crippen molar-refractivity contribution in [1.82, 2.24) is 9.55 Å². The molecule has 4 aromatic rings. The first-order chi connectivity index (χ1) is 10.8. The topological polar surface area (TPSA) is 37.8 Å². The van der Waals surface area contributed by atoms with Crippen molar-refractivity contribution in [3.05, 3.63) is 89.3 Å². The van der Waals surface area contributed by atoms with Crippen LogP contribution in [-0.4, -0.2) is 9.55 Å². The van der Waals surface area contributed by atoms with E-state index in [0.717, 1.165) is 27.8 Å². The van der Waals surface area contributed by atoms with Gasteiger partial charge in [0.15, 0.2) is 0 Å². The van der Waals surface area contributed by atoms with E-state index >= 15 is 0 Å².